The second kappa shape index (κ2) is 8.09. The number of likely N-dealkylation sites (N-methyl/N-ethyl adjacent to an activating group) is 1. The average Bonchev–Trinajstić information content (AvgIpc) is 2.75. The van der Waals surface area contributed by atoms with E-state index in [9.17, 15) is 22.8 Å². The minimum absolute atomic E-state index is 0.0207. The first-order valence-corrected chi connectivity index (χ1v) is 10.1. The lowest BCUT2D eigenvalue weighted by molar-refractivity contribution is -0.137. The van der Waals surface area contributed by atoms with Crippen molar-refractivity contribution in [3.63, 3.8) is 0 Å². The van der Waals surface area contributed by atoms with E-state index in [0.29, 0.717) is 26.2 Å². The number of halogens is 4. The van der Waals surface area contributed by atoms with Crippen LogP contribution < -0.4 is 4.90 Å². The molecule has 5 nitrogen and oxygen atoms in total. The molecule has 31 heavy (non-hydrogen) atoms. The number of Topliss-reactive ketones (excluding diaryl/α,β-unsaturated/α-hetero) is 2. The first kappa shape index (κ1) is 21.5. The topological polar surface area (TPSA) is 53.5 Å². The van der Waals surface area contributed by atoms with E-state index in [1.165, 1.54) is 24.4 Å². The highest BCUT2D eigenvalue weighted by molar-refractivity contribution is 6.49. The molecule has 9 heteroatoms. The molecule has 1 aliphatic heterocycles. The van der Waals surface area contributed by atoms with E-state index in [-0.39, 0.29) is 39.5 Å². The lowest BCUT2D eigenvalue weighted by atomic mass is 9.88. The summed E-state index contributed by atoms with van der Waals surface area (Å²) in [7, 11) is 1.93. The monoisotopic (exact) mass is 449 g/mol. The zero-order chi connectivity index (χ0) is 22.3. The van der Waals surface area contributed by atoms with Crippen LogP contribution in [0.15, 0.2) is 47.1 Å². The van der Waals surface area contributed by atoms with Crippen LogP contribution in [-0.4, -0.2) is 54.7 Å². The Morgan fingerprint density at radius 2 is 1.77 bits per heavy atom. The second-order valence-corrected chi connectivity index (χ2v) is 8.04. The maximum absolute atomic E-state index is 13.8. The van der Waals surface area contributed by atoms with E-state index in [2.05, 4.69) is 9.88 Å². The first-order valence-electron chi connectivity index (χ1n) is 9.73. The van der Waals surface area contributed by atoms with Crippen molar-refractivity contribution >= 4 is 28.9 Å². The molecule has 0 atom stereocenters. The number of carbonyl (C=O) groups is 2. The number of pyridine rings is 1. The molecule has 1 aromatic heterocycles. The Morgan fingerprint density at radius 3 is 2.45 bits per heavy atom. The third-order valence-electron chi connectivity index (χ3n) is 5.60. The molecule has 0 N–H and O–H groups in total. The molecule has 1 aromatic carbocycles. The zero-order valence-corrected chi connectivity index (χ0v) is 17.4. The van der Waals surface area contributed by atoms with Crippen LogP contribution in [0.2, 0.25) is 0 Å². The van der Waals surface area contributed by atoms with Crippen LogP contribution in [0, 0.1) is 0 Å². The summed E-state index contributed by atoms with van der Waals surface area (Å²) in [6, 6.07) is 7.01. The van der Waals surface area contributed by atoms with Crippen molar-refractivity contribution < 1.29 is 22.8 Å². The largest absolute Gasteiger partial charge is 0.418 e. The lowest BCUT2D eigenvalue weighted by Crippen LogP contribution is -2.45. The molecule has 1 fully saturated rings. The van der Waals surface area contributed by atoms with Crippen LogP contribution in [0.3, 0.4) is 0 Å². The van der Waals surface area contributed by atoms with Crippen LogP contribution >= 0.6 is 11.6 Å². The number of ketones is 2. The molecule has 0 saturated carbocycles. The Hall–Kier alpha value is -2.71. The number of allylic oxidation sites excluding steroid dienone is 2. The third kappa shape index (κ3) is 4.09. The van der Waals surface area contributed by atoms with Gasteiger partial charge in [-0.15, -0.1) is 0 Å². The van der Waals surface area contributed by atoms with Gasteiger partial charge in [0, 0.05) is 50.1 Å². The number of anilines is 1. The molecule has 2 aromatic rings. The van der Waals surface area contributed by atoms with Gasteiger partial charge in [-0.2, -0.15) is 13.2 Å². The van der Waals surface area contributed by atoms with Crippen LogP contribution in [0.1, 0.15) is 32.0 Å². The van der Waals surface area contributed by atoms with Crippen LogP contribution in [0.4, 0.5) is 18.9 Å². The van der Waals surface area contributed by atoms with Crippen molar-refractivity contribution in [1.29, 1.82) is 0 Å². The van der Waals surface area contributed by atoms with E-state index in [1.54, 1.807) is 11.0 Å². The Morgan fingerprint density at radius 1 is 1.06 bits per heavy atom. The smallest absolute Gasteiger partial charge is 0.368 e. The number of hydrogen-bond acceptors (Lipinski definition) is 5. The molecule has 2 heterocycles. The molecule has 0 unspecified atom stereocenters. The maximum Gasteiger partial charge on any atom is 0.418 e. The van der Waals surface area contributed by atoms with Crippen molar-refractivity contribution in [2.45, 2.75) is 12.6 Å². The molecule has 0 radical (unpaired) electrons. The Balaban J connectivity index is 1.69. The quantitative estimate of drug-likeness (QED) is 0.710. The van der Waals surface area contributed by atoms with E-state index in [1.807, 2.05) is 7.05 Å². The maximum atomic E-state index is 13.8. The lowest BCUT2D eigenvalue weighted by Gasteiger charge is -2.35. The summed E-state index contributed by atoms with van der Waals surface area (Å²) in [5.41, 5.74) is -0.341. The van der Waals surface area contributed by atoms with E-state index in [0.717, 1.165) is 6.07 Å². The number of benzene rings is 1. The van der Waals surface area contributed by atoms with Crippen molar-refractivity contribution in [2.75, 3.05) is 38.1 Å². The van der Waals surface area contributed by atoms with Crippen molar-refractivity contribution in [3.05, 3.63) is 69.5 Å². The third-order valence-corrected chi connectivity index (χ3v) is 6.00. The number of alkyl halides is 3. The van der Waals surface area contributed by atoms with Gasteiger partial charge in [0.15, 0.2) is 5.78 Å². The molecule has 1 aliphatic carbocycles. The molecule has 0 amide bonds. The summed E-state index contributed by atoms with van der Waals surface area (Å²) in [6.07, 6.45) is -3.36. The first-order chi connectivity index (χ1) is 14.7. The Labute approximate surface area is 182 Å². The number of rotatable bonds is 3. The summed E-state index contributed by atoms with van der Waals surface area (Å²) in [5, 5.41) is -0.298. The zero-order valence-electron chi connectivity index (χ0n) is 16.7. The number of fused-ring (bicyclic) bond motifs is 1. The number of hydrogen-bond donors (Lipinski definition) is 0. The van der Waals surface area contributed by atoms with Crippen molar-refractivity contribution in [2.24, 2.45) is 0 Å². The van der Waals surface area contributed by atoms with Gasteiger partial charge in [0.05, 0.1) is 16.2 Å². The summed E-state index contributed by atoms with van der Waals surface area (Å²) in [5.74, 6) is -1.10. The highest BCUT2D eigenvalue weighted by atomic mass is 35.5. The predicted molar refractivity (Wildman–Crippen MR) is 111 cm³/mol. The van der Waals surface area contributed by atoms with E-state index in [4.69, 9.17) is 11.6 Å². The Kier molecular flexibility index (Phi) is 5.61. The average molecular weight is 450 g/mol. The van der Waals surface area contributed by atoms with Crippen LogP contribution in [0.25, 0.3) is 0 Å². The minimum Gasteiger partial charge on any atom is -0.368 e. The summed E-state index contributed by atoms with van der Waals surface area (Å²) in [6.45, 7) is 2.33. The molecule has 162 valence electrons. The van der Waals surface area contributed by atoms with Crippen molar-refractivity contribution in [1.82, 2.24) is 9.88 Å². The highest BCUT2D eigenvalue weighted by Gasteiger charge is 2.37. The van der Waals surface area contributed by atoms with Gasteiger partial charge in [-0.1, -0.05) is 17.7 Å². The van der Waals surface area contributed by atoms with Gasteiger partial charge in [0.25, 0.3) is 0 Å². The normalized spacial score (nSPS) is 17.9. The summed E-state index contributed by atoms with van der Waals surface area (Å²) < 4.78 is 41.5. The fourth-order valence-corrected chi connectivity index (χ4v) is 4.12. The van der Waals surface area contributed by atoms with Gasteiger partial charge in [0.1, 0.15) is 5.69 Å². The minimum atomic E-state index is -4.56. The molecule has 0 spiro atoms. The fourth-order valence-electron chi connectivity index (χ4n) is 3.88. The standard InChI is InChI=1S/C22H19ClF3N3O2/c1-28-7-9-29(10-8-28)17-5-4-13(12-16(17)22(24,25)26)11-15-18(23)21(31)19-14(20(15)30)3-2-6-27-19/h2-6,12H,7-11H2,1H3. The number of piperazine rings is 1. The van der Waals surface area contributed by atoms with Gasteiger partial charge in [0.2, 0.25) is 5.78 Å². The predicted octanol–water partition coefficient (Wildman–Crippen LogP) is 3.97. The molecule has 1 saturated heterocycles. The number of carbonyl (C=O) groups excluding carboxylic acids is 2. The van der Waals surface area contributed by atoms with Gasteiger partial charge in [-0.3, -0.25) is 14.6 Å². The summed E-state index contributed by atoms with van der Waals surface area (Å²) in [4.78, 5) is 33.0. The summed E-state index contributed by atoms with van der Waals surface area (Å²) >= 11 is 6.14. The van der Waals surface area contributed by atoms with Gasteiger partial charge in [-0.25, -0.2) is 0 Å². The van der Waals surface area contributed by atoms with E-state index >= 15 is 0 Å². The van der Waals surface area contributed by atoms with Crippen LogP contribution in [-0.2, 0) is 12.6 Å². The van der Waals surface area contributed by atoms with Gasteiger partial charge in [-0.05, 0) is 36.9 Å². The highest BCUT2D eigenvalue weighted by Crippen LogP contribution is 2.38. The molecular formula is C22H19ClF3N3O2. The molecular weight excluding hydrogens is 431 g/mol. The van der Waals surface area contributed by atoms with Crippen LogP contribution in [0.5, 0.6) is 0 Å². The Bertz CT molecular complexity index is 1090. The molecule has 0 bridgehead atoms. The molecule has 4 rings (SSSR count). The fraction of sp³-hybridized carbons (Fsp3) is 0.318. The SMILES string of the molecule is CN1CCN(c2ccc(CC3=C(Cl)C(=O)c4ncccc4C3=O)cc2C(F)(F)F)CC1. The van der Waals surface area contributed by atoms with Gasteiger partial charge < -0.3 is 9.80 Å². The number of nitrogens with zero attached hydrogens (tertiary/aromatic N) is 3. The number of aromatic nitrogens is 1. The van der Waals surface area contributed by atoms with E-state index < -0.39 is 23.3 Å². The van der Waals surface area contributed by atoms with Gasteiger partial charge >= 0.3 is 6.18 Å². The molecule has 2 aliphatic rings. The van der Waals surface area contributed by atoms with Crippen molar-refractivity contribution in [3.8, 4) is 0 Å². The second-order valence-electron chi connectivity index (χ2n) is 7.67.